The summed E-state index contributed by atoms with van der Waals surface area (Å²) in [5, 5.41) is 11.6. The average Bonchev–Trinajstić information content (AvgIpc) is 3.24. The SMILES string of the molecule is CCOC(=O)c1nnsc1-c1cnn(S(=O)(=O)c2ccc(C)cc2C)n1. The molecule has 0 saturated heterocycles. The third-order valence-electron chi connectivity index (χ3n) is 3.48. The fourth-order valence-electron chi connectivity index (χ4n) is 2.34. The summed E-state index contributed by atoms with van der Waals surface area (Å²) in [4.78, 5) is 12.3. The standard InChI is InChI=1S/C15H15N5O4S2/c1-4-24-15(21)13-14(25-19-17-13)11-8-16-20(18-11)26(22,23)12-6-5-9(2)7-10(12)3/h5-8H,4H2,1-3H3. The summed E-state index contributed by atoms with van der Waals surface area (Å²) in [5.41, 5.74) is 1.70. The first-order chi connectivity index (χ1) is 12.3. The lowest BCUT2D eigenvalue weighted by Crippen LogP contribution is -2.17. The lowest BCUT2D eigenvalue weighted by atomic mass is 10.2. The van der Waals surface area contributed by atoms with Crippen molar-refractivity contribution in [2.75, 3.05) is 6.61 Å². The number of rotatable bonds is 5. The van der Waals surface area contributed by atoms with Crippen LogP contribution < -0.4 is 0 Å². The molecule has 0 aliphatic rings. The van der Waals surface area contributed by atoms with Crippen molar-refractivity contribution < 1.29 is 17.9 Å². The predicted molar refractivity (Wildman–Crippen MR) is 93.4 cm³/mol. The topological polar surface area (TPSA) is 117 Å². The highest BCUT2D eigenvalue weighted by Gasteiger charge is 2.25. The predicted octanol–water partition coefficient (Wildman–Crippen LogP) is 1.83. The first kappa shape index (κ1) is 18.1. The van der Waals surface area contributed by atoms with E-state index in [1.165, 1.54) is 12.3 Å². The summed E-state index contributed by atoms with van der Waals surface area (Å²) in [6.45, 7) is 5.44. The van der Waals surface area contributed by atoms with Gasteiger partial charge in [0.15, 0.2) is 5.69 Å². The number of aryl methyl sites for hydroxylation is 2. The first-order valence-electron chi connectivity index (χ1n) is 7.59. The Morgan fingerprint density at radius 1 is 1.31 bits per heavy atom. The van der Waals surface area contributed by atoms with Crippen LogP contribution in [0.15, 0.2) is 29.3 Å². The minimum absolute atomic E-state index is 0.0205. The van der Waals surface area contributed by atoms with Crippen molar-refractivity contribution in [3.8, 4) is 10.6 Å². The second-order valence-electron chi connectivity index (χ2n) is 5.40. The quantitative estimate of drug-likeness (QED) is 0.603. The lowest BCUT2D eigenvalue weighted by molar-refractivity contribution is 0.0520. The Morgan fingerprint density at radius 2 is 2.08 bits per heavy atom. The summed E-state index contributed by atoms with van der Waals surface area (Å²) in [7, 11) is -3.96. The van der Waals surface area contributed by atoms with Crippen LogP contribution >= 0.6 is 11.5 Å². The zero-order valence-electron chi connectivity index (χ0n) is 14.2. The molecular weight excluding hydrogens is 378 g/mol. The van der Waals surface area contributed by atoms with E-state index in [0.717, 1.165) is 17.1 Å². The van der Waals surface area contributed by atoms with Crippen LogP contribution in [0.25, 0.3) is 10.6 Å². The molecule has 11 heteroatoms. The Bertz CT molecular complexity index is 1070. The maximum absolute atomic E-state index is 12.8. The number of nitrogens with zero attached hydrogens (tertiary/aromatic N) is 5. The zero-order chi connectivity index (χ0) is 18.9. The van der Waals surface area contributed by atoms with Gasteiger partial charge in [0.05, 0.1) is 17.7 Å². The van der Waals surface area contributed by atoms with Gasteiger partial charge in [0, 0.05) is 0 Å². The smallest absolute Gasteiger partial charge is 0.360 e. The Balaban J connectivity index is 2.01. The van der Waals surface area contributed by atoms with Crippen LogP contribution in [0.4, 0.5) is 0 Å². The maximum atomic E-state index is 12.8. The van der Waals surface area contributed by atoms with Gasteiger partial charge in [-0.3, -0.25) is 0 Å². The van der Waals surface area contributed by atoms with Crippen molar-refractivity contribution in [3.63, 3.8) is 0 Å². The number of benzene rings is 1. The highest BCUT2D eigenvalue weighted by atomic mass is 32.2. The highest BCUT2D eigenvalue weighted by Crippen LogP contribution is 2.25. The number of hydrogen-bond acceptors (Lipinski definition) is 9. The number of hydrogen-bond donors (Lipinski definition) is 0. The summed E-state index contributed by atoms with van der Waals surface area (Å²) >= 11 is 0.909. The summed E-state index contributed by atoms with van der Waals surface area (Å²) in [6, 6.07) is 4.99. The van der Waals surface area contributed by atoms with Gasteiger partial charge in [-0.25, -0.2) is 4.79 Å². The van der Waals surface area contributed by atoms with E-state index < -0.39 is 16.0 Å². The van der Waals surface area contributed by atoms with Gasteiger partial charge >= 0.3 is 5.97 Å². The van der Waals surface area contributed by atoms with Gasteiger partial charge in [0.25, 0.3) is 10.0 Å². The molecule has 0 aliphatic heterocycles. The van der Waals surface area contributed by atoms with E-state index in [-0.39, 0.29) is 22.9 Å². The molecule has 26 heavy (non-hydrogen) atoms. The van der Waals surface area contributed by atoms with Crippen LogP contribution in [-0.4, -0.2) is 45.0 Å². The molecule has 0 N–H and O–H groups in total. The summed E-state index contributed by atoms with van der Waals surface area (Å²) in [5.74, 6) is -0.650. The zero-order valence-corrected chi connectivity index (χ0v) is 15.8. The Hall–Kier alpha value is -2.66. The molecule has 0 saturated carbocycles. The monoisotopic (exact) mass is 393 g/mol. The number of carbonyl (C=O) groups is 1. The molecule has 3 rings (SSSR count). The molecule has 0 fully saturated rings. The number of aromatic nitrogens is 5. The highest BCUT2D eigenvalue weighted by molar-refractivity contribution is 7.89. The van der Waals surface area contributed by atoms with Crippen LogP contribution in [0.3, 0.4) is 0 Å². The molecule has 1 aromatic carbocycles. The third-order valence-corrected chi connectivity index (χ3v) is 5.85. The molecule has 9 nitrogen and oxygen atoms in total. The van der Waals surface area contributed by atoms with E-state index in [1.807, 2.05) is 6.92 Å². The Kier molecular flexibility index (Phi) is 4.83. The number of ether oxygens (including phenoxy) is 1. The largest absolute Gasteiger partial charge is 0.461 e. The second kappa shape index (κ2) is 6.92. The van der Waals surface area contributed by atoms with Crippen LogP contribution in [0.2, 0.25) is 0 Å². The summed E-state index contributed by atoms with van der Waals surface area (Å²) in [6.07, 6.45) is 1.25. The van der Waals surface area contributed by atoms with E-state index in [1.54, 1.807) is 26.0 Å². The maximum Gasteiger partial charge on any atom is 0.360 e. The van der Waals surface area contributed by atoms with Gasteiger partial charge in [0.2, 0.25) is 0 Å². The van der Waals surface area contributed by atoms with Crippen molar-refractivity contribution in [1.82, 2.24) is 24.0 Å². The fourth-order valence-corrected chi connectivity index (χ4v) is 4.19. The molecule has 0 amide bonds. The Labute approximate surface area is 153 Å². The van der Waals surface area contributed by atoms with Crippen LogP contribution in [0.5, 0.6) is 0 Å². The van der Waals surface area contributed by atoms with Crippen molar-refractivity contribution in [2.45, 2.75) is 25.7 Å². The number of carbonyl (C=O) groups excluding carboxylic acids is 1. The van der Waals surface area contributed by atoms with E-state index in [2.05, 4.69) is 19.8 Å². The van der Waals surface area contributed by atoms with Gasteiger partial charge in [0.1, 0.15) is 10.6 Å². The lowest BCUT2D eigenvalue weighted by Gasteiger charge is -2.07. The molecule has 0 unspecified atom stereocenters. The molecule has 3 aromatic rings. The summed E-state index contributed by atoms with van der Waals surface area (Å²) < 4.78 is 34.8. The van der Waals surface area contributed by atoms with Crippen molar-refractivity contribution >= 4 is 27.5 Å². The second-order valence-corrected chi connectivity index (χ2v) is 7.87. The molecule has 136 valence electrons. The van der Waals surface area contributed by atoms with Gasteiger partial charge < -0.3 is 4.74 Å². The number of esters is 1. The average molecular weight is 393 g/mol. The Morgan fingerprint density at radius 3 is 2.77 bits per heavy atom. The van der Waals surface area contributed by atoms with E-state index in [0.29, 0.717) is 14.6 Å². The van der Waals surface area contributed by atoms with Gasteiger partial charge in [-0.1, -0.05) is 26.4 Å². The molecule has 0 bridgehead atoms. The van der Waals surface area contributed by atoms with Crippen molar-refractivity contribution in [2.24, 2.45) is 0 Å². The molecular formula is C15H15N5O4S2. The fraction of sp³-hybridized carbons (Fsp3) is 0.267. The minimum Gasteiger partial charge on any atom is -0.461 e. The molecule has 2 aromatic heterocycles. The minimum atomic E-state index is -3.96. The first-order valence-corrected chi connectivity index (χ1v) is 9.81. The normalized spacial score (nSPS) is 11.5. The van der Waals surface area contributed by atoms with Crippen molar-refractivity contribution in [3.05, 3.63) is 41.2 Å². The molecule has 2 heterocycles. The molecule has 0 spiro atoms. The van der Waals surface area contributed by atoms with Gasteiger partial charge in [-0.15, -0.1) is 15.3 Å². The molecule has 0 radical (unpaired) electrons. The van der Waals surface area contributed by atoms with E-state index in [9.17, 15) is 13.2 Å². The molecule has 0 atom stereocenters. The van der Waals surface area contributed by atoms with E-state index >= 15 is 0 Å². The van der Waals surface area contributed by atoms with Gasteiger partial charge in [-0.05, 0) is 43.9 Å². The molecule has 0 aliphatic carbocycles. The van der Waals surface area contributed by atoms with Crippen LogP contribution in [0.1, 0.15) is 28.5 Å². The third kappa shape index (κ3) is 3.22. The van der Waals surface area contributed by atoms with Crippen LogP contribution in [0, 0.1) is 13.8 Å². The van der Waals surface area contributed by atoms with Gasteiger partial charge in [-0.2, -0.15) is 8.42 Å². The van der Waals surface area contributed by atoms with Crippen LogP contribution in [-0.2, 0) is 14.8 Å². The van der Waals surface area contributed by atoms with E-state index in [4.69, 9.17) is 4.74 Å². The van der Waals surface area contributed by atoms with Crippen molar-refractivity contribution in [1.29, 1.82) is 0 Å².